The second-order valence-corrected chi connectivity index (χ2v) is 6.74. The summed E-state index contributed by atoms with van der Waals surface area (Å²) in [4.78, 5) is 18.3. The van der Waals surface area contributed by atoms with Crippen LogP contribution in [-0.4, -0.2) is 56.2 Å². The molecular formula is C16H19F3N4O2S. The number of carbonyl (C=O) groups excluding carboxylic acids is 1. The molecule has 6 nitrogen and oxygen atoms in total. The highest BCUT2D eigenvalue weighted by Crippen LogP contribution is 2.35. The molecule has 2 aliphatic heterocycles. The lowest BCUT2D eigenvalue weighted by Crippen LogP contribution is -2.37. The fraction of sp³-hybridized carbons (Fsp3) is 0.500. The molecule has 0 aromatic heterocycles. The van der Waals surface area contributed by atoms with Gasteiger partial charge in [-0.25, -0.2) is 0 Å². The fourth-order valence-corrected chi connectivity index (χ4v) is 3.41. The van der Waals surface area contributed by atoms with Crippen LogP contribution < -0.4 is 15.5 Å². The Hall–Kier alpha value is -1.94. The number of alkyl halides is 3. The number of halogens is 3. The summed E-state index contributed by atoms with van der Waals surface area (Å²) in [5, 5.41) is 6.33. The summed E-state index contributed by atoms with van der Waals surface area (Å²) in [5.41, 5.74) is -0.0658. The third-order valence-corrected chi connectivity index (χ3v) is 4.89. The number of benzene rings is 1. The van der Waals surface area contributed by atoms with Gasteiger partial charge in [-0.05, 0) is 18.2 Å². The predicted octanol–water partition coefficient (Wildman–Crippen LogP) is 2.17. The van der Waals surface area contributed by atoms with E-state index in [-0.39, 0.29) is 17.3 Å². The summed E-state index contributed by atoms with van der Waals surface area (Å²) in [5.74, 6) is -0.301. The molecule has 1 fully saturated rings. The first-order valence-electron chi connectivity index (χ1n) is 8.18. The van der Waals surface area contributed by atoms with E-state index in [1.165, 1.54) is 17.8 Å². The van der Waals surface area contributed by atoms with E-state index in [1.807, 2.05) is 4.90 Å². The second-order valence-electron chi connectivity index (χ2n) is 5.78. The average Bonchev–Trinajstić information content (AvgIpc) is 3.13. The number of amides is 1. The van der Waals surface area contributed by atoms with Crippen molar-refractivity contribution in [3.8, 4) is 0 Å². The van der Waals surface area contributed by atoms with Crippen molar-refractivity contribution in [3.63, 3.8) is 0 Å². The molecule has 1 aromatic rings. The number of nitrogens with zero attached hydrogens (tertiary/aromatic N) is 2. The van der Waals surface area contributed by atoms with Crippen molar-refractivity contribution < 1.29 is 22.7 Å². The minimum atomic E-state index is -4.47. The largest absolute Gasteiger partial charge is 0.416 e. The van der Waals surface area contributed by atoms with E-state index in [9.17, 15) is 18.0 Å². The van der Waals surface area contributed by atoms with E-state index in [0.29, 0.717) is 43.7 Å². The zero-order valence-electron chi connectivity index (χ0n) is 13.9. The van der Waals surface area contributed by atoms with Gasteiger partial charge in [0, 0.05) is 19.6 Å². The smallest absolute Gasteiger partial charge is 0.378 e. The fourth-order valence-electron chi connectivity index (χ4n) is 2.69. The number of carbonyl (C=O) groups is 1. The molecule has 2 N–H and O–H groups in total. The molecule has 1 saturated heterocycles. The maximum Gasteiger partial charge on any atom is 0.416 e. The van der Waals surface area contributed by atoms with E-state index in [1.54, 1.807) is 0 Å². The normalized spacial score (nSPS) is 17.7. The summed E-state index contributed by atoms with van der Waals surface area (Å²) in [6.07, 6.45) is -4.47. The lowest BCUT2D eigenvalue weighted by molar-refractivity contribution is -0.137. The molecular weight excluding hydrogens is 369 g/mol. The number of nitrogens with one attached hydrogen (secondary N) is 2. The zero-order valence-corrected chi connectivity index (χ0v) is 14.8. The Morgan fingerprint density at radius 2 is 2.12 bits per heavy atom. The molecule has 0 spiro atoms. The summed E-state index contributed by atoms with van der Waals surface area (Å²) >= 11 is 1.23. The molecule has 2 aliphatic rings. The Labute approximate surface area is 153 Å². The first-order chi connectivity index (χ1) is 12.4. The Bertz CT molecular complexity index is 691. The van der Waals surface area contributed by atoms with Crippen LogP contribution in [0.3, 0.4) is 0 Å². The number of rotatable bonds is 4. The first-order valence-corrected chi connectivity index (χ1v) is 9.17. The first kappa shape index (κ1) is 18.8. The van der Waals surface area contributed by atoms with Gasteiger partial charge in [-0.1, -0.05) is 11.8 Å². The van der Waals surface area contributed by atoms with Crippen LogP contribution in [0.15, 0.2) is 23.2 Å². The molecule has 0 bridgehead atoms. The predicted molar refractivity (Wildman–Crippen MR) is 95.9 cm³/mol. The highest BCUT2D eigenvalue weighted by molar-refractivity contribution is 8.14. The van der Waals surface area contributed by atoms with Gasteiger partial charge < -0.3 is 20.3 Å². The Morgan fingerprint density at radius 1 is 1.35 bits per heavy atom. The maximum absolute atomic E-state index is 13.1. The quantitative estimate of drug-likeness (QED) is 0.828. The van der Waals surface area contributed by atoms with Gasteiger partial charge in [0.2, 0.25) is 5.91 Å². The number of thioether (sulfide) groups is 1. The molecule has 0 aliphatic carbocycles. The Morgan fingerprint density at radius 3 is 2.77 bits per heavy atom. The summed E-state index contributed by atoms with van der Waals surface area (Å²) in [6.45, 7) is 3.51. The second kappa shape index (κ2) is 8.17. The van der Waals surface area contributed by atoms with Crippen molar-refractivity contribution >= 4 is 34.2 Å². The summed E-state index contributed by atoms with van der Waals surface area (Å²) < 4.78 is 44.5. The van der Waals surface area contributed by atoms with Crippen LogP contribution in [0.2, 0.25) is 0 Å². The van der Waals surface area contributed by atoms with E-state index in [2.05, 4.69) is 15.6 Å². The molecule has 0 atom stereocenters. The molecule has 0 radical (unpaired) electrons. The third-order valence-electron chi connectivity index (χ3n) is 3.93. The summed E-state index contributed by atoms with van der Waals surface area (Å²) in [6, 6.07) is 3.42. The highest BCUT2D eigenvalue weighted by atomic mass is 32.2. The highest BCUT2D eigenvalue weighted by Gasteiger charge is 2.32. The van der Waals surface area contributed by atoms with Crippen LogP contribution in [0.4, 0.5) is 24.5 Å². The summed E-state index contributed by atoms with van der Waals surface area (Å²) in [7, 11) is 0. The standard InChI is InChI=1S/C16H19F3N4O2S/c17-16(18,19)11-1-2-13(23-5-7-25-8-6-23)12(9-11)22-14(24)10-26-15-20-3-4-21-15/h1-2,9H,3-8,10H2,(H,20,21)(H,22,24). The number of aliphatic imine (C=N–C) groups is 1. The lowest BCUT2D eigenvalue weighted by atomic mass is 10.1. The van der Waals surface area contributed by atoms with Gasteiger partial charge in [-0.15, -0.1) is 0 Å². The van der Waals surface area contributed by atoms with E-state index >= 15 is 0 Å². The number of amidine groups is 1. The van der Waals surface area contributed by atoms with E-state index in [4.69, 9.17) is 4.74 Å². The van der Waals surface area contributed by atoms with Gasteiger partial charge in [-0.2, -0.15) is 13.2 Å². The van der Waals surface area contributed by atoms with Crippen LogP contribution in [0.5, 0.6) is 0 Å². The van der Waals surface area contributed by atoms with Gasteiger partial charge in [0.15, 0.2) is 5.17 Å². The zero-order chi connectivity index (χ0) is 18.6. The van der Waals surface area contributed by atoms with Gasteiger partial charge in [-0.3, -0.25) is 9.79 Å². The Balaban J connectivity index is 1.75. The molecule has 2 heterocycles. The number of morpholine rings is 1. The van der Waals surface area contributed by atoms with Crippen molar-refractivity contribution in [2.75, 3.05) is 55.4 Å². The van der Waals surface area contributed by atoms with E-state index < -0.39 is 11.7 Å². The minimum Gasteiger partial charge on any atom is -0.378 e. The van der Waals surface area contributed by atoms with Crippen molar-refractivity contribution in [2.24, 2.45) is 4.99 Å². The molecule has 3 rings (SSSR count). The van der Waals surface area contributed by atoms with Crippen LogP contribution in [0, 0.1) is 0 Å². The monoisotopic (exact) mass is 388 g/mol. The van der Waals surface area contributed by atoms with Crippen LogP contribution >= 0.6 is 11.8 Å². The number of hydrogen-bond acceptors (Lipinski definition) is 6. The molecule has 1 amide bonds. The molecule has 0 unspecified atom stereocenters. The number of anilines is 2. The SMILES string of the molecule is O=C(CSC1=NCCN1)Nc1cc(C(F)(F)F)ccc1N1CCOCC1. The lowest BCUT2D eigenvalue weighted by Gasteiger charge is -2.31. The molecule has 10 heteroatoms. The van der Waals surface area contributed by atoms with Gasteiger partial charge >= 0.3 is 6.18 Å². The topological polar surface area (TPSA) is 66.0 Å². The maximum atomic E-state index is 13.1. The van der Waals surface area contributed by atoms with Crippen LogP contribution in [0.25, 0.3) is 0 Å². The van der Waals surface area contributed by atoms with Crippen molar-refractivity contribution in [1.82, 2.24) is 5.32 Å². The molecule has 142 valence electrons. The molecule has 0 saturated carbocycles. The average molecular weight is 388 g/mol. The van der Waals surface area contributed by atoms with Gasteiger partial charge in [0.25, 0.3) is 0 Å². The van der Waals surface area contributed by atoms with Crippen molar-refractivity contribution in [1.29, 1.82) is 0 Å². The Kier molecular flexibility index (Phi) is 5.92. The van der Waals surface area contributed by atoms with Crippen LogP contribution in [-0.2, 0) is 15.7 Å². The van der Waals surface area contributed by atoms with Crippen molar-refractivity contribution in [2.45, 2.75) is 6.18 Å². The molecule has 1 aromatic carbocycles. The van der Waals surface area contributed by atoms with Crippen molar-refractivity contribution in [3.05, 3.63) is 23.8 Å². The number of hydrogen-bond donors (Lipinski definition) is 2. The van der Waals surface area contributed by atoms with Crippen LogP contribution in [0.1, 0.15) is 5.56 Å². The van der Waals surface area contributed by atoms with Gasteiger partial charge in [0.1, 0.15) is 0 Å². The minimum absolute atomic E-state index is 0.0740. The van der Waals surface area contributed by atoms with Gasteiger partial charge in [0.05, 0.1) is 42.4 Å². The third kappa shape index (κ3) is 4.82. The number of ether oxygens (including phenoxy) is 1. The molecule has 26 heavy (non-hydrogen) atoms. The van der Waals surface area contributed by atoms with E-state index in [0.717, 1.165) is 18.7 Å².